The van der Waals surface area contributed by atoms with E-state index in [0.717, 1.165) is 25.7 Å². The summed E-state index contributed by atoms with van der Waals surface area (Å²) in [4.78, 5) is 20.8. The Morgan fingerprint density at radius 1 is 1.34 bits per heavy atom. The fourth-order valence-electron chi connectivity index (χ4n) is 4.21. The number of H-pyrrole nitrogens is 1. The van der Waals surface area contributed by atoms with Gasteiger partial charge in [0.25, 0.3) is 5.91 Å². The molecule has 154 valence electrons. The molecule has 6 nitrogen and oxygen atoms in total. The molecule has 1 aliphatic carbocycles. The lowest BCUT2D eigenvalue weighted by molar-refractivity contribution is 0.0894. The molecule has 1 atom stereocenters. The number of aromatic amines is 1. The topological polar surface area (TPSA) is 75.6 Å². The van der Waals surface area contributed by atoms with Gasteiger partial charge in [-0.2, -0.15) is 5.10 Å². The molecule has 1 saturated carbocycles. The number of rotatable bonds is 5. The first kappa shape index (κ1) is 20.1. The van der Waals surface area contributed by atoms with Gasteiger partial charge in [-0.1, -0.05) is 19.8 Å². The number of aryl methyl sites for hydroxylation is 1. The van der Waals surface area contributed by atoms with E-state index in [9.17, 15) is 9.18 Å². The van der Waals surface area contributed by atoms with E-state index in [-0.39, 0.29) is 23.4 Å². The minimum Gasteiger partial charge on any atom is -0.340 e. The second kappa shape index (κ2) is 8.26. The highest BCUT2D eigenvalue weighted by Gasteiger charge is 2.32. The maximum absolute atomic E-state index is 14.5. The number of fused-ring (bicyclic) bond motifs is 1. The van der Waals surface area contributed by atoms with E-state index in [1.807, 2.05) is 6.92 Å². The van der Waals surface area contributed by atoms with Crippen LogP contribution in [0.4, 0.5) is 4.39 Å². The summed E-state index contributed by atoms with van der Waals surface area (Å²) in [5, 5.41) is 7.35. The van der Waals surface area contributed by atoms with E-state index in [1.54, 1.807) is 29.1 Å². The molecule has 0 radical (unpaired) electrons. The molecule has 1 unspecified atom stereocenters. The third-order valence-electron chi connectivity index (χ3n) is 5.93. The van der Waals surface area contributed by atoms with Crippen LogP contribution in [0, 0.1) is 17.7 Å². The largest absolute Gasteiger partial charge is 0.340 e. The highest BCUT2D eigenvalue weighted by molar-refractivity contribution is 9.10. The lowest BCUT2D eigenvalue weighted by Crippen LogP contribution is -2.36. The van der Waals surface area contributed by atoms with Crippen molar-refractivity contribution in [2.75, 3.05) is 0 Å². The predicted octanol–water partition coefficient (Wildman–Crippen LogP) is 4.98. The van der Waals surface area contributed by atoms with Crippen molar-refractivity contribution in [3.63, 3.8) is 0 Å². The first-order valence-electron chi connectivity index (χ1n) is 10.1. The summed E-state index contributed by atoms with van der Waals surface area (Å²) < 4.78 is 16.6. The molecule has 0 saturated heterocycles. The lowest BCUT2D eigenvalue weighted by atomic mass is 9.79. The quantitative estimate of drug-likeness (QED) is 0.562. The van der Waals surface area contributed by atoms with Gasteiger partial charge >= 0.3 is 0 Å². The summed E-state index contributed by atoms with van der Waals surface area (Å²) in [6, 6.07) is 4.87. The average Bonchev–Trinajstić information content (AvgIpc) is 3.37. The van der Waals surface area contributed by atoms with Crippen molar-refractivity contribution in [2.45, 2.75) is 52.1 Å². The first-order chi connectivity index (χ1) is 14.0. The SMILES string of the molecule is CCn1nccc1C(=O)NC(c1nc2c(F)c(Br)ccc2[nH]1)C1CCC(C)CC1. The van der Waals surface area contributed by atoms with Crippen LogP contribution in [0.15, 0.2) is 28.9 Å². The second-order valence-electron chi connectivity index (χ2n) is 7.88. The number of amides is 1. The highest BCUT2D eigenvalue weighted by atomic mass is 79.9. The van der Waals surface area contributed by atoms with Gasteiger partial charge in [0.2, 0.25) is 0 Å². The molecular weight excluding hydrogens is 437 g/mol. The summed E-state index contributed by atoms with van der Waals surface area (Å²) in [5.74, 6) is 0.965. The summed E-state index contributed by atoms with van der Waals surface area (Å²) in [6.45, 7) is 4.83. The molecule has 4 rings (SSSR count). The van der Waals surface area contributed by atoms with Gasteiger partial charge in [-0.25, -0.2) is 9.37 Å². The van der Waals surface area contributed by atoms with E-state index in [4.69, 9.17) is 0 Å². The van der Waals surface area contributed by atoms with Crippen molar-refractivity contribution in [1.29, 1.82) is 0 Å². The monoisotopic (exact) mass is 461 g/mol. The Hall–Kier alpha value is -2.22. The second-order valence-corrected chi connectivity index (χ2v) is 8.74. The first-order valence-corrected chi connectivity index (χ1v) is 10.9. The summed E-state index contributed by atoms with van der Waals surface area (Å²) in [7, 11) is 0. The Labute approximate surface area is 177 Å². The van der Waals surface area contributed by atoms with Gasteiger partial charge in [0, 0.05) is 12.7 Å². The van der Waals surface area contributed by atoms with Gasteiger partial charge in [-0.3, -0.25) is 9.48 Å². The van der Waals surface area contributed by atoms with Gasteiger partial charge in [0.1, 0.15) is 17.0 Å². The Morgan fingerprint density at radius 2 is 2.10 bits per heavy atom. The number of nitrogens with zero attached hydrogens (tertiary/aromatic N) is 3. The Morgan fingerprint density at radius 3 is 2.83 bits per heavy atom. The van der Waals surface area contributed by atoms with Crippen LogP contribution in [0.2, 0.25) is 0 Å². The van der Waals surface area contributed by atoms with E-state index in [1.165, 1.54) is 0 Å². The number of hydrogen-bond donors (Lipinski definition) is 2. The molecule has 29 heavy (non-hydrogen) atoms. The fourth-order valence-corrected chi connectivity index (χ4v) is 4.53. The van der Waals surface area contributed by atoms with E-state index in [0.29, 0.717) is 34.0 Å². The maximum Gasteiger partial charge on any atom is 0.270 e. The number of hydrogen-bond acceptors (Lipinski definition) is 3. The molecule has 1 fully saturated rings. The lowest BCUT2D eigenvalue weighted by Gasteiger charge is -2.32. The van der Waals surface area contributed by atoms with Gasteiger partial charge in [0.15, 0.2) is 5.82 Å². The number of carbonyl (C=O) groups excluding carboxylic acids is 1. The molecule has 2 aromatic heterocycles. The van der Waals surface area contributed by atoms with Crippen LogP contribution in [0.25, 0.3) is 11.0 Å². The van der Waals surface area contributed by atoms with Crippen LogP contribution < -0.4 is 5.32 Å². The third-order valence-corrected chi connectivity index (χ3v) is 6.54. The molecule has 8 heteroatoms. The maximum atomic E-state index is 14.5. The van der Waals surface area contributed by atoms with Crippen LogP contribution in [-0.4, -0.2) is 25.7 Å². The zero-order chi connectivity index (χ0) is 20.5. The fraction of sp³-hybridized carbons (Fsp3) is 0.476. The van der Waals surface area contributed by atoms with Crippen molar-refractivity contribution in [3.05, 3.63) is 46.2 Å². The van der Waals surface area contributed by atoms with Crippen LogP contribution in [0.3, 0.4) is 0 Å². The Balaban J connectivity index is 1.69. The van der Waals surface area contributed by atoms with Crippen LogP contribution in [0.5, 0.6) is 0 Å². The van der Waals surface area contributed by atoms with Crippen LogP contribution >= 0.6 is 15.9 Å². The minimum absolute atomic E-state index is 0.185. The molecule has 0 bridgehead atoms. The molecule has 0 spiro atoms. The molecule has 1 amide bonds. The third kappa shape index (κ3) is 3.95. The molecular formula is C21H25BrFN5O. The van der Waals surface area contributed by atoms with Crippen molar-refractivity contribution >= 4 is 32.9 Å². The Bertz CT molecular complexity index is 1020. The van der Waals surface area contributed by atoms with E-state index in [2.05, 4.69) is 43.2 Å². The van der Waals surface area contributed by atoms with Gasteiger partial charge < -0.3 is 10.3 Å². The molecule has 2 heterocycles. The molecule has 3 aromatic rings. The summed E-state index contributed by atoms with van der Waals surface area (Å²) in [5.41, 5.74) is 1.44. The molecule has 2 N–H and O–H groups in total. The number of nitrogens with one attached hydrogen (secondary N) is 2. The number of imidazole rings is 1. The number of benzene rings is 1. The minimum atomic E-state index is -0.392. The van der Waals surface area contributed by atoms with Crippen LogP contribution in [0.1, 0.15) is 61.9 Å². The zero-order valence-corrected chi connectivity index (χ0v) is 18.2. The normalized spacial score (nSPS) is 20.7. The van der Waals surface area contributed by atoms with Crippen molar-refractivity contribution in [1.82, 2.24) is 25.1 Å². The van der Waals surface area contributed by atoms with Crippen molar-refractivity contribution in [3.8, 4) is 0 Å². The molecule has 1 aliphatic rings. The van der Waals surface area contributed by atoms with Crippen molar-refractivity contribution in [2.24, 2.45) is 11.8 Å². The summed E-state index contributed by atoms with van der Waals surface area (Å²) >= 11 is 3.22. The van der Waals surface area contributed by atoms with E-state index < -0.39 is 5.82 Å². The standard InChI is InChI=1S/C21H25BrFN5O/c1-3-28-16(10-11-24-28)21(29)27-18(13-6-4-12(2)5-7-13)20-25-15-9-8-14(22)17(23)19(15)26-20/h8-13,18H,3-7H2,1-2H3,(H,25,26)(H,27,29). The van der Waals surface area contributed by atoms with E-state index >= 15 is 0 Å². The number of carbonyl (C=O) groups is 1. The predicted molar refractivity (Wildman–Crippen MR) is 113 cm³/mol. The van der Waals surface area contributed by atoms with Crippen molar-refractivity contribution < 1.29 is 9.18 Å². The van der Waals surface area contributed by atoms with Crippen LogP contribution in [-0.2, 0) is 6.54 Å². The average molecular weight is 462 g/mol. The smallest absolute Gasteiger partial charge is 0.270 e. The highest BCUT2D eigenvalue weighted by Crippen LogP contribution is 2.37. The summed E-state index contributed by atoms with van der Waals surface area (Å²) in [6.07, 6.45) is 5.86. The van der Waals surface area contributed by atoms with Gasteiger partial charge in [-0.15, -0.1) is 0 Å². The molecule has 1 aromatic carbocycles. The number of aromatic nitrogens is 4. The van der Waals surface area contributed by atoms with Gasteiger partial charge in [-0.05, 0) is 65.7 Å². The Kier molecular flexibility index (Phi) is 5.72. The van der Waals surface area contributed by atoms with Gasteiger partial charge in [0.05, 0.1) is 16.0 Å². The molecule has 0 aliphatic heterocycles. The number of halogens is 2. The zero-order valence-electron chi connectivity index (χ0n) is 16.6.